The second-order valence-electron chi connectivity index (χ2n) is 7.85. The molecule has 3 heterocycles. The Kier molecular flexibility index (Phi) is 5.37. The third-order valence-corrected chi connectivity index (χ3v) is 6.27. The molecule has 10 heteroatoms. The number of amides is 1. The highest BCUT2D eigenvalue weighted by Crippen LogP contribution is 2.38. The molecule has 4 aromatic rings. The van der Waals surface area contributed by atoms with E-state index in [-0.39, 0.29) is 5.82 Å². The van der Waals surface area contributed by atoms with Gasteiger partial charge in [-0.05, 0) is 39.0 Å². The van der Waals surface area contributed by atoms with Crippen LogP contribution in [0.4, 0.5) is 14.2 Å². The van der Waals surface area contributed by atoms with E-state index in [0.717, 1.165) is 30.5 Å². The van der Waals surface area contributed by atoms with Gasteiger partial charge < -0.3 is 15.4 Å². The number of fused-ring (bicyclic) bond motifs is 2. The summed E-state index contributed by atoms with van der Waals surface area (Å²) in [5, 5.41) is 12.6. The number of rotatable bonds is 5. The third kappa shape index (κ3) is 4.54. The number of thiophene rings is 1. The van der Waals surface area contributed by atoms with Crippen molar-refractivity contribution in [3.63, 3.8) is 0 Å². The number of benzene rings is 1. The maximum atomic E-state index is 14.4. The van der Waals surface area contributed by atoms with Crippen molar-refractivity contribution in [2.45, 2.75) is 26.4 Å². The lowest BCUT2D eigenvalue weighted by Gasteiger charge is -2.19. The van der Waals surface area contributed by atoms with E-state index in [1.807, 2.05) is 32.9 Å². The SMILES string of the molecule is Cn1cc2cc(-c3nc4sc(NCCNC(=O)OC(C)(C)C)cc4s3)cc(F)c2n1. The minimum Gasteiger partial charge on any atom is -0.444 e. The van der Waals surface area contributed by atoms with Gasteiger partial charge in [0.15, 0.2) is 5.82 Å². The normalized spacial score (nSPS) is 11.9. The lowest BCUT2D eigenvalue weighted by molar-refractivity contribution is 0.0530. The van der Waals surface area contributed by atoms with Crippen LogP contribution in [0.3, 0.4) is 0 Å². The van der Waals surface area contributed by atoms with Crippen LogP contribution in [0.5, 0.6) is 0 Å². The van der Waals surface area contributed by atoms with Crippen LogP contribution in [0.2, 0.25) is 0 Å². The van der Waals surface area contributed by atoms with Crippen LogP contribution >= 0.6 is 22.7 Å². The predicted octanol–water partition coefficient (Wildman–Crippen LogP) is 4.99. The largest absolute Gasteiger partial charge is 0.444 e. The van der Waals surface area contributed by atoms with Gasteiger partial charge >= 0.3 is 6.09 Å². The Morgan fingerprint density at radius 3 is 2.77 bits per heavy atom. The monoisotopic (exact) mass is 447 g/mol. The molecule has 0 saturated carbocycles. The Bertz CT molecular complexity index is 1190. The molecule has 3 aromatic heterocycles. The summed E-state index contributed by atoms with van der Waals surface area (Å²) >= 11 is 3.05. The molecule has 0 aliphatic carbocycles. The van der Waals surface area contributed by atoms with Gasteiger partial charge in [0.1, 0.15) is 21.0 Å². The Morgan fingerprint density at radius 2 is 2.03 bits per heavy atom. The van der Waals surface area contributed by atoms with Gasteiger partial charge in [0.25, 0.3) is 0 Å². The average Bonchev–Trinajstić information content (AvgIpc) is 3.29. The van der Waals surface area contributed by atoms with Crippen LogP contribution in [0, 0.1) is 5.82 Å². The topological polar surface area (TPSA) is 81.1 Å². The molecule has 0 aliphatic rings. The molecule has 1 aromatic carbocycles. The van der Waals surface area contributed by atoms with Crippen molar-refractivity contribution in [2.75, 3.05) is 18.4 Å². The van der Waals surface area contributed by atoms with E-state index in [9.17, 15) is 9.18 Å². The van der Waals surface area contributed by atoms with Crippen LogP contribution in [0.15, 0.2) is 24.4 Å². The van der Waals surface area contributed by atoms with Crippen molar-refractivity contribution >= 4 is 54.2 Å². The second-order valence-corrected chi connectivity index (χ2v) is 9.91. The zero-order valence-electron chi connectivity index (χ0n) is 17.1. The molecule has 0 spiro atoms. The molecule has 0 unspecified atom stereocenters. The molecule has 0 saturated heterocycles. The quantitative estimate of drug-likeness (QED) is 0.422. The van der Waals surface area contributed by atoms with Gasteiger partial charge in [0.05, 0.1) is 9.70 Å². The van der Waals surface area contributed by atoms with Crippen LogP contribution < -0.4 is 10.6 Å². The number of thiazole rings is 1. The molecule has 30 heavy (non-hydrogen) atoms. The summed E-state index contributed by atoms with van der Waals surface area (Å²) in [6.45, 7) is 6.50. The third-order valence-electron chi connectivity index (χ3n) is 4.11. The first-order chi connectivity index (χ1) is 14.2. The highest BCUT2D eigenvalue weighted by Gasteiger charge is 2.16. The van der Waals surface area contributed by atoms with E-state index in [0.29, 0.717) is 18.6 Å². The van der Waals surface area contributed by atoms with Crippen molar-refractivity contribution < 1.29 is 13.9 Å². The number of aromatic nitrogens is 3. The molecule has 4 rings (SSSR count). The van der Waals surface area contributed by atoms with Crippen LogP contribution in [0.1, 0.15) is 20.8 Å². The Hall–Kier alpha value is -2.72. The summed E-state index contributed by atoms with van der Waals surface area (Å²) < 4.78 is 22.2. The van der Waals surface area contributed by atoms with Crippen molar-refractivity contribution in [1.82, 2.24) is 20.1 Å². The molecule has 0 aliphatic heterocycles. The second kappa shape index (κ2) is 7.84. The van der Waals surface area contributed by atoms with Gasteiger partial charge in [-0.15, -0.1) is 11.3 Å². The molecule has 1 amide bonds. The van der Waals surface area contributed by atoms with Crippen molar-refractivity contribution in [2.24, 2.45) is 7.05 Å². The van der Waals surface area contributed by atoms with E-state index in [1.54, 1.807) is 17.9 Å². The van der Waals surface area contributed by atoms with E-state index < -0.39 is 11.7 Å². The molecule has 0 bridgehead atoms. The minimum absolute atomic E-state index is 0.346. The minimum atomic E-state index is -0.510. The number of hydrogen-bond donors (Lipinski definition) is 2. The lowest BCUT2D eigenvalue weighted by Crippen LogP contribution is -2.34. The van der Waals surface area contributed by atoms with Crippen molar-refractivity contribution in [3.8, 4) is 10.6 Å². The summed E-state index contributed by atoms with van der Waals surface area (Å²) in [6.07, 6.45) is 1.37. The summed E-state index contributed by atoms with van der Waals surface area (Å²) in [5.41, 5.74) is 0.604. The van der Waals surface area contributed by atoms with Crippen LogP contribution in [-0.4, -0.2) is 39.5 Å². The molecular formula is C20H22FN5O2S2. The highest BCUT2D eigenvalue weighted by atomic mass is 32.1. The summed E-state index contributed by atoms with van der Waals surface area (Å²) in [5.74, 6) is -0.346. The number of nitrogens with one attached hydrogen (secondary N) is 2. The Morgan fingerprint density at radius 1 is 1.23 bits per heavy atom. The fraction of sp³-hybridized carbons (Fsp3) is 0.350. The van der Waals surface area contributed by atoms with E-state index >= 15 is 0 Å². The predicted molar refractivity (Wildman–Crippen MR) is 120 cm³/mol. The number of anilines is 1. The standard InChI is InChI=1S/C20H22FN5O2S2/c1-20(2,3)28-19(27)23-6-5-22-15-9-14-18(30-15)24-17(29-14)11-7-12-10-26(4)25-16(12)13(21)8-11/h7-10,22H,5-6H2,1-4H3,(H,23,27). The number of carbonyl (C=O) groups is 1. The first kappa shape index (κ1) is 20.5. The van der Waals surface area contributed by atoms with Gasteiger partial charge in [0, 0.05) is 37.3 Å². The Labute approximate surface area is 180 Å². The molecule has 2 N–H and O–H groups in total. The van der Waals surface area contributed by atoms with E-state index in [4.69, 9.17) is 4.74 Å². The molecule has 158 valence electrons. The molecule has 0 radical (unpaired) electrons. The summed E-state index contributed by atoms with van der Waals surface area (Å²) in [7, 11) is 1.77. The smallest absolute Gasteiger partial charge is 0.407 e. The fourth-order valence-electron chi connectivity index (χ4n) is 2.95. The number of nitrogens with zero attached hydrogens (tertiary/aromatic N) is 3. The van der Waals surface area contributed by atoms with Gasteiger partial charge in [-0.2, -0.15) is 5.10 Å². The van der Waals surface area contributed by atoms with Gasteiger partial charge in [-0.1, -0.05) is 11.3 Å². The average molecular weight is 448 g/mol. The molecule has 0 fully saturated rings. The van der Waals surface area contributed by atoms with Gasteiger partial charge in [-0.25, -0.2) is 14.2 Å². The highest BCUT2D eigenvalue weighted by molar-refractivity contribution is 7.30. The molecular weight excluding hydrogens is 425 g/mol. The molecule has 0 atom stereocenters. The van der Waals surface area contributed by atoms with E-state index in [2.05, 4.69) is 20.7 Å². The Balaban J connectivity index is 1.40. The van der Waals surface area contributed by atoms with Crippen LogP contribution in [-0.2, 0) is 11.8 Å². The van der Waals surface area contributed by atoms with E-state index in [1.165, 1.54) is 28.7 Å². The lowest BCUT2D eigenvalue weighted by atomic mass is 10.1. The number of carbonyl (C=O) groups excluding carboxylic acids is 1. The van der Waals surface area contributed by atoms with Gasteiger partial charge in [0.2, 0.25) is 0 Å². The number of aryl methyl sites for hydroxylation is 1. The number of hydrogen-bond acceptors (Lipinski definition) is 7. The zero-order chi connectivity index (χ0) is 21.5. The number of alkyl carbamates (subject to hydrolysis) is 1. The molecule has 7 nitrogen and oxygen atoms in total. The maximum Gasteiger partial charge on any atom is 0.407 e. The first-order valence-corrected chi connectivity index (χ1v) is 11.1. The summed E-state index contributed by atoms with van der Waals surface area (Å²) in [6, 6.07) is 5.42. The zero-order valence-corrected chi connectivity index (χ0v) is 18.7. The van der Waals surface area contributed by atoms with Gasteiger partial charge in [-0.3, -0.25) is 4.68 Å². The fourth-order valence-corrected chi connectivity index (χ4v) is 5.07. The van der Waals surface area contributed by atoms with Crippen LogP contribution in [0.25, 0.3) is 31.0 Å². The first-order valence-electron chi connectivity index (χ1n) is 9.42. The number of halogens is 1. The summed E-state index contributed by atoms with van der Waals surface area (Å²) in [4.78, 5) is 17.2. The van der Waals surface area contributed by atoms with Crippen molar-refractivity contribution in [3.05, 3.63) is 30.2 Å². The van der Waals surface area contributed by atoms with Crippen molar-refractivity contribution in [1.29, 1.82) is 0 Å². The maximum absolute atomic E-state index is 14.4. The number of ether oxygens (including phenoxy) is 1.